The first-order valence-electron chi connectivity index (χ1n) is 10.3. The van der Waals surface area contributed by atoms with Gasteiger partial charge in [-0.1, -0.05) is 48.5 Å². The Morgan fingerprint density at radius 2 is 1.83 bits per heavy atom. The van der Waals surface area contributed by atoms with Crippen molar-refractivity contribution in [2.75, 3.05) is 39.9 Å². The number of urea groups is 1. The lowest BCUT2D eigenvalue weighted by atomic mass is 10.0. The van der Waals surface area contributed by atoms with Crippen LogP contribution in [0.2, 0.25) is 0 Å². The van der Waals surface area contributed by atoms with Crippen LogP contribution in [0.15, 0.2) is 54.6 Å². The van der Waals surface area contributed by atoms with E-state index in [0.717, 1.165) is 30.0 Å². The summed E-state index contributed by atoms with van der Waals surface area (Å²) in [5.74, 6) is 0.843. The molecule has 0 bridgehead atoms. The first-order valence-corrected chi connectivity index (χ1v) is 10.3. The first kappa shape index (κ1) is 21.1. The van der Waals surface area contributed by atoms with Crippen LogP contribution in [0.3, 0.4) is 0 Å². The summed E-state index contributed by atoms with van der Waals surface area (Å²) in [6, 6.07) is 17.7. The van der Waals surface area contributed by atoms with Crippen LogP contribution < -0.4 is 10.1 Å². The minimum atomic E-state index is -0.165. The highest BCUT2D eigenvalue weighted by atomic mass is 16.5. The van der Waals surface area contributed by atoms with Gasteiger partial charge < -0.3 is 20.1 Å². The van der Waals surface area contributed by atoms with Crippen LogP contribution in [0.5, 0.6) is 5.75 Å². The van der Waals surface area contributed by atoms with Crippen LogP contribution >= 0.6 is 0 Å². The third-order valence-corrected chi connectivity index (χ3v) is 5.40. The molecule has 6 heteroatoms. The van der Waals surface area contributed by atoms with Gasteiger partial charge in [0.15, 0.2) is 0 Å². The van der Waals surface area contributed by atoms with E-state index in [-0.39, 0.29) is 18.7 Å². The number of para-hydroxylation sites is 1. The van der Waals surface area contributed by atoms with Gasteiger partial charge >= 0.3 is 6.03 Å². The van der Waals surface area contributed by atoms with Crippen molar-refractivity contribution in [2.45, 2.75) is 25.4 Å². The summed E-state index contributed by atoms with van der Waals surface area (Å²) in [7, 11) is 1.68. The first-order chi connectivity index (χ1) is 14.2. The molecule has 0 spiro atoms. The summed E-state index contributed by atoms with van der Waals surface area (Å²) < 4.78 is 5.57. The van der Waals surface area contributed by atoms with Gasteiger partial charge in [0, 0.05) is 25.2 Å². The van der Waals surface area contributed by atoms with Crippen molar-refractivity contribution in [3.63, 3.8) is 0 Å². The number of nitrogens with one attached hydrogen (secondary N) is 1. The van der Waals surface area contributed by atoms with Gasteiger partial charge in [-0.15, -0.1) is 0 Å². The van der Waals surface area contributed by atoms with Crippen LogP contribution in [-0.4, -0.2) is 60.8 Å². The Hall–Kier alpha value is -2.57. The fraction of sp³-hybridized carbons (Fsp3) is 0.435. The average molecular weight is 398 g/mol. The number of methoxy groups -OCH3 is 1. The molecule has 2 aromatic rings. The zero-order valence-electron chi connectivity index (χ0n) is 17.1. The molecule has 1 unspecified atom stereocenters. The van der Waals surface area contributed by atoms with Gasteiger partial charge in [0.25, 0.3) is 0 Å². The second-order valence-electron chi connectivity index (χ2n) is 7.32. The molecule has 0 aliphatic carbocycles. The normalized spacial score (nSPS) is 15.1. The van der Waals surface area contributed by atoms with Crippen LogP contribution in [0.4, 0.5) is 4.79 Å². The molecule has 1 atom stereocenters. The molecule has 1 saturated heterocycles. The summed E-state index contributed by atoms with van der Waals surface area (Å²) in [6.45, 7) is 3.23. The fourth-order valence-electron chi connectivity index (χ4n) is 3.90. The van der Waals surface area contributed by atoms with Crippen LogP contribution in [0.25, 0.3) is 0 Å². The molecule has 29 heavy (non-hydrogen) atoms. The quantitative estimate of drug-likeness (QED) is 0.683. The smallest absolute Gasteiger partial charge is 0.317 e. The number of likely N-dealkylation sites (tertiary alicyclic amines) is 1. The van der Waals surface area contributed by atoms with E-state index >= 15 is 0 Å². The van der Waals surface area contributed by atoms with E-state index in [1.165, 1.54) is 12.8 Å². The molecule has 2 amide bonds. The maximum absolute atomic E-state index is 12.9. The summed E-state index contributed by atoms with van der Waals surface area (Å²) in [6.07, 6.45) is 2.34. The molecule has 0 saturated carbocycles. The highest BCUT2D eigenvalue weighted by Crippen LogP contribution is 2.31. The maximum Gasteiger partial charge on any atom is 0.317 e. The standard InChI is InChI=1S/C23H31N3O3/c1-29-22-12-6-5-11-20(22)21(25-13-7-8-14-25)17-24-23(28)26(15-16-27)18-19-9-3-2-4-10-19/h2-6,9-12,21,27H,7-8,13-18H2,1H3,(H,24,28). The molecular weight excluding hydrogens is 366 g/mol. The number of aliphatic hydroxyl groups excluding tert-OH is 1. The summed E-state index contributed by atoms with van der Waals surface area (Å²) in [5, 5.41) is 12.5. The largest absolute Gasteiger partial charge is 0.496 e. The number of aliphatic hydroxyl groups is 1. The zero-order chi connectivity index (χ0) is 20.5. The van der Waals surface area contributed by atoms with E-state index in [1.807, 2.05) is 48.5 Å². The number of carbonyl (C=O) groups excluding carboxylic acids is 1. The second-order valence-corrected chi connectivity index (χ2v) is 7.32. The van der Waals surface area contributed by atoms with Crippen molar-refractivity contribution in [2.24, 2.45) is 0 Å². The number of rotatable bonds is 9. The average Bonchev–Trinajstić information content (AvgIpc) is 3.29. The van der Waals surface area contributed by atoms with Crippen molar-refractivity contribution < 1.29 is 14.6 Å². The third kappa shape index (κ3) is 5.71. The van der Waals surface area contributed by atoms with Gasteiger partial charge in [0.1, 0.15) is 5.75 Å². The number of nitrogens with zero attached hydrogens (tertiary/aromatic N) is 2. The van der Waals surface area contributed by atoms with E-state index in [1.54, 1.807) is 12.0 Å². The minimum Gasteiger partial charge on any atom is -0.496 e. The molecule has 156 valence electrons. The van der Waals surface area contributed by atoms with Crippen molar-refractivity contribution in [3.8, 4) is 5.75 Å². The van der Waals surface area contributed by atoms with Gasteiger partial charge in [-0.3, -0.25) is 4.90 Å². The molecule has 6 nitrogen and oxygen atoms in total. The molecule has 3 rings (SSSR count). The molecule has 2 aromatic carbocycles. The van der Waals surface area contributed by atoms with E-state index in [9.17, 15) is 9.90 Å². The lowest BCUT2D eigenvalue weighted by molar-refractivity contribution is 0.167. The number of benzene rings is 2. The molecule has 2 N–H and O–H groups in total. The third-order valence-electron chi connectivity index (χ3n) is 5.40. The van der Waals surface area contributed by atoms with Gasteiger partial charge in [0.2, 0.25) is 0 Å². The number of ether oxygens (including phenoxy) is 1. The monoisotopic (exact) mass is 397 g/mol. The summed E-state index contributed by atoms with van der Waals surface area (Å²) in [4.78, 5) is 17.0. The van der Waals surface area contributed by atoms with Crippen molar-refractivity contribution in [1.29, 1.82) is 0 Å². The number of carbonyl (C=O) groups is 1. The lowest BCUT2D eigenvalue weighted by Crippen LogP contribution is -2.44. The number of hydrogen-bond acceptors (Lipinski definition) is 4. The minimum absolute atomic E-state index is 0.0605. The van der Waals surface area contributed by atoms with E-state index < -0.39 is 0 Å². The fourth-order valence-corrected chi connectivity index (χ4v) is 3.90. The van der Waals surface area contributed by atoms with Crippen molar-refractivity contribution >= 4 is 6.03 Å². The van der Waals surface area contributed by atoms with Gasteiger partial charge in [-0.25, -0.2) is 4.79 Å². The highest BCUT2D eigenvalue weighted by molar-refractivity contribution is 5.74. The van der Waals surface area contributed by atoms with E-state index in [4.69, 9.17) is 4.74 Å². The number of amides is 2. The molecule has 1 heterocycles. The Bertz CT molecular complexity index is 763. The van der Waals surface area contributed by atoms with Crippen molar-refractivity contribution in [3.05, 3.63) is 65.7 Å². The highest BCUT2D eigenvalue weighted by Gasteiger charge is 2.27. The topological polar surface area (TPSA) is 65.0 Å². The van der Waals surface area contributed by atoms with Gasteiger partial charge in [-0.05, 0) is 37.6 Å². The Morgan fingerprint density at radius 1 is 1.14 bits per heavy atom. The second kappa shape index (κ2) is 10.8. The molecule has 0 radical (unpaired) electrons. The van der Waals surface area contributed by atoms with Gasteiger partial charge in [-0.2, -0.15) is 0 Å². The SMILES string of the molecule is COc1ccccc1C(CNC(=O)N(CCO)Cc1ccccc1)N1CCCC1. The molecule has 1 fully saturated rings. The van der Waals surface area contributed by atoms with E-state index in [2.05, 4.69) is 16.3 Å². The molecule has 1 aliphatic heterocycles. The molecule has 0 aromatic heterocycles. The summed E-state index contributed by atoms with van der Waals surface area (Å²) >= 11 is 0. The van der Waals surface area contributed by atoms with Crippen LogP contribution in [0.1, 0.15) is 30.0 Å². The van der Waals surface area contributed by atoms with E-state index in [0.29, 0.717) is 19.6 Å². The van der Waals surface area contributed by atoms with Gasteiger partial charge in [0.05, 0.1) is 19.8 Å². The lowest BCUT2D eigenvalue weighted by Gasteiger charge is -2.30. The maximum atomic E-state index is 12.9. The Balaban J connectivity index is 1.70. The Labute approximate surface area is 173 Å². The Kier molecular flexibility index (Phi) is 7.90. The van der Waals surface area contributed by atoms with Crippen LogP contribution in [-0.2, 0) is 6.54 Å². The molecular formula is C23H31N3O3. The Morgan fingerprint density at radius 3 is 2.52 bits per heavy atom. The summed E-state index contributed by atoms with van der Waals surface area (Å²) in [5.41, 5.74) is 2.13. The predicted octanol–water partition coefficient (Wildman–Crippen LogP) is 3.04. The zero-order valence-corrected chi connectivity index (χ0v) is 17.1. The van der Waals surface area contributed by atoms with Crippen molar-refractivity contribution in [1.82, 2.24) is 15.1 Å². The predicted molar refractivity (Wildman–Crippen MR) is 114 cm³/mol. The number of hydrogen-bond donors (Lipinski definition) is 2. The van der Waals surface area contributed by atoms with Crippen LogP contribution in [0, 0.1) is 0 Å². The molecule has 1 aliphatic rings.